The van der Waals surface area contributed by atoms with Gasteiger partial charge in [0.05, 0.1) is 13.0 Å². The molecule has 0 radical (unpaired) electrons. The third kappa shape index (κ3) is 5.80. The second kappa shape index (κ2) is 10.9. The summed E-state index contributed by atoms with van der Waals surface area (Å²) in [5, 5.41) is 0. The normalized spacial score (nSPS) is 27.4. The Morgan fingerprint density at radius 2 is 1.35 bits per heavy atom. The van der Waals surface area contributed by atoms with Gasteiger partial charge in [-0.25, -0.2) is 0 Å². The lowest BCUT2D eigenvalue weighted by Gasteiger charge is -2.56. The van der Waals surface area contributed by atoms with E-state index in [0.717, 1.165) is 25.7 Å². The van der Waals surface area contributed by atoms with Gasteiger partial charge in [-0.2, -0.15) is 0 Å². The Morgan fingerprint density at radius 1 is 0.882 bits per heavy atom. The van der Waals surface area contributed by atoms with Crippen LogP contribution in [0.4, 0.5) is 0 Å². The van der Waals surface area contributed by atoms with Crippen molar-refractivity contribution in [2.45, 2.75) is 147 Å². The van der Waals surface area contributed by atoms with E-state index in [2.05, 4.69) is 39.6 Å². The third-order valence-corrected chi connectivity index (χ3v) is 8.74. The van der Waals surface area contributed by atoms with E-state index in [1.807, 2.05) is 11.8 Å². The molecule has 3 aliphatic rings. The largest absolute Gasteiger partial charge is 0.466 e. The van der Waals surface area contributed by atoms with Crippen LogP contribution in [0.25, 0.3) is 0 Å². The van der Waals surface area contributed by atoms with Gasteiger partial charge >= 0.3 is 5.97 Å². The number of hydrogen-bond acceptors (Lipinski definition) is 5. The van der Waals surface area contributed by atoms with E-state index in [0.29, 0.717) is 26.0 Å². The first-order valence-corrected chi connectivity index (χ1v) is 13.9. The lowest BCUT2D eigenvalue weighted by atomic mass is 9.71. The Labute approximate surface area is 208 Å². The van der Waals surface area contributed by atoms with E-state index in [9.17, 15) is 9.59 Å². The maximum absolute atomic E-state index is 14.3. The van der Waals surface area contributed by atoms with Crippen LogP contribution in [0.3, 0.4) is 0 Å². The molecule has 0 bridgehead atoms. The number of hydrogen-bond donors (Lipinski definition) is 0. The van der Waals surface area contributed by atoms with E-state index in [4.69, 9.17) is 9.47 Å². The maximum atomic E-state index is 14.3. The van der Waals surface area contributed by atoms with Gasteiger partial charge < -0.3 is 14.4 Å². The molecule has 0 atom stereocenters. The number of piperidine rings is 1. The Kier molecular flexibility index (Phi) is 8.77. The first-order valence-electron chi connectivity index (χ1n) is 13.9. The average Bonchev–Trinajstić information content (AvgIpc) is 2.94. The highest BCUT2D eigenvalue weighted by Gasteiger charge is 2.65. The summed E-state index contributed by atoms with van der Waals surface area (Å²) in [6.45, 7) is 11.5. The van der Waals surface area contributed by atoms with Crippen molar-refractivity contribution in [2.24, 2.45) is 0 Å². The summed E-state index contributed by atoms with van der Waals surface area (Å²) < 4.78 is 12.4. The third-order valence-electron chi connectivity index (χ3n) is 8.74. The van der Waals surface area contributed by atoms with E-state index in [1.54, 1.807) is 0 Å². The summed E-state index contributed by atoms with van der Waals surface area (Å²) in [7, 11) is 2.16. The Balaban J connectivity index is 1.94. The van der Waals surface area contributed by atoms with Gasteiger partial charge in [0, 0.05) is 30.5 Å². The van der Waals surface area contributed by atoms with E-state index in [1.165, 1.54) is 44.9 Å². The Bertz CT molecular complexity index is 687. The van der Waals surface area contributed by atoms with Crippen LogP contribution in [-0.4, -0.2) is 64.3 Å². The van der Waals surface area contributed by atoms with Gasteiger partial charge in [-0.15, -0.1) is 0 Å². The molecule has 0 unspecified atom stereocenters. The monoisotopic (exact) mass is 478 g/mol. The molecule has 196 valence electrons. The number of rotatable bonds is 4. The molecule has 2 saturated heterocycles. The minimum Gasteiger partial charge on any atom is -0.466 e. The number of amides is 1. The molecule has 1 amide bonds. The van der Waals surface area contributed by atoms with Crippen LogP contribution in [0.5, 0.6) is 0 Å². The van der Waals surface area contributed by atoms with Gasteiger partial charge in [0.15, 0.2) is 5.60 Å². The molecule has 2 spiro atoms. The van der Waals surface area contributed by atoms with Gasteiger partial charge in [-0.1, -0.05) is 44.9 Å². The number of likely N-dealkylation sites (tertiary alicyclic amines) is 1. The molecule has 3 rings (SSSR count). The fraction of sp³-hybridized carbons (Fsp3) is 0.929. The zero-order valence-corrected chi connectivity index (χ0v) is 22.8. The van der Waals surface area contributed by atoms with Crippen molar-refractivity contribution in [3.05, 3.63) is 0 Å². The SMILES string of the molecule is CCOC(=O)CCN1C(=O)C2(CC(C)(C)N(C)C(C)(C)C2)OC12CCCCCCCCCCC2. The van der Waals surface area contributed by atoms with Crippen molar-refractivity contribution in [3.63, 3.8) is 0 Å². The average molecular weight is 479 g/mol. The van der Waals surface area contributed by atoms with Crippen LogP contribution >= 0.6 is 0 Å². The number of carbonyl (C=O) groups is 2. The van der Waals surface area contributed by atoms with Gasteiger partial charge in [0.2, 0.25) is 0 Å². The van der Waals surface area contributed by atoms with E-state index >= 15 is 0 Å². The van der Waals surface area contributed by atoms with Crippen molar-refractivity contribution in [3.8, 4) is 0 Å². The molecule has 3 fully saturated rings. The number of esters is 1. The topological polar surface area (TPSA) is 59.1 Å². The summed E-state index contributed by atoms with van der Waals surface area (Å²) >= 11 is 0. The molecule has 0 aromatic rings. The fourth-order valence-corrected chi connectivity index (χ4v) is 6.91. The summed E-state index contributed by atoms with van der Waals surface area (Å²) in [6.07, 6.45) is 14.2. The number of nitrogens with zero attached hydrogens (tertiary/aromatic N) is 2. The van der Waals surface area contributed by atoms with Crippen LogP contribution < -0.4 is 0 Å². The second-order valence-electron chi connectivity index (χ2n) is 12.3. The molecular formula is C28H50N2O4. The molecule has 0 N–H and O–H groups in total. The summed E-state index contributed by atoms with van der Waals surface area (Å²) in [5.74, 6) is -0.137. The van der Waals surface area contributed by atoms with Crippen molar-refractivity contribution in [1.29, 1.82) is 0 Å². The number of ether oxygens (including phenoxy) is 2. The molecule has 1 saturated carbocycles. The van der Waals surface area contributed by atoms with Crippen molar-refractivity contribution in [1.82, 2.24) is 9.80 Å². The zero-order valence-electron chi connectivity index (χ0n) is 22.8. The summed E-state index contributed by atoms with van der Waals surface area (Å²) in [5.41, 5.74) is -1.77. The molecule has 2 heterocycles. The molecule has 34 heavy (non-hydrogen) atoms. The minimum absolute atomic E-state index is 0.0955. The first kappa shape index (κ1) is 27.4. The quantitative estimate of drug-likeness (QED) is 0.477. The van der Waals surface area contributed by atoms with Gasteiger partial charge in [0.1, 0.15) is 5.72 Å². The zero-order chi connectivity index (χ0) is 25.0. The molecule has 6 nitrogen and oxygen atoms in total. The van der Waals surface area contributed by atoms with Crippen LogP contribution in [0.1, 0.15) is 125 Å². The van der Waals surface area contributed by atoms with Crippen LogP contribution in [0.15, 0.2) is 0 Å². The molecule has 0 aromatic heterocycles. The standard InChI is InChI=1S/C28H50N2O4/c1-7-33-23(31)17-20-30-24(32)27(21-25(2,3)29(6)26(4,5)22-27)34-28(30)18-15-13-11-9-8-10-12-14-16-19-28/h7-22H2,1-6H3. The van der Waals surface area contributed by atoms with E-state index in [-0.39, 0.29) is 29.4 Å². The van der Waals surface area contributed by atoms with Crippen molar-refractivity contribution >= 4 is 11.9 Å². The molecular weight excluding hydrogens is 428 g/mol. The fourth-order valence-electron chi connectivity index (χ4n) is 6.91. The van der Waals surface area contributed by atoms with Crippen molar-refractivity contribution < 1.29 is 19.1 Å². The number of carbonyl (C=O) groups excluding carboxylic acids is 2. The predicted molar refractivity (Wildman–Crippen MR) is 135 cm³/mol. The van der Waals surface area contributed by atoms with E-state index < -0.39 is 11.3 Å². The molecule has 1 aliphatic carbocycles. The minimum atomic E-state index is -0.828. The van der Waals surface area contributed by atoms with Crippen LogP contribution in [0.2, 0.25) is 0 Å². The summed E-state index contributed by atoms with van der Waals surface area (Å²) in [6, 6.07) is 0. The van der Waals surface area contributed by atoms with Gasteiger partial charge in [-0.05, 0) is 67.3 Å². The Hall–Kier alpha value is -1.14. The highest BCUT2D eigenvalue weighted by Crippen LogP contribution is 2.53. The first-order chi connectivity index (χ1) is 16.0. The molecule has 0 aromatic carbocycles. The van der Waals surface area contributed by atoms with Crippen molar-refractivity contribution in [2.75, 3.05) is 20.2 Å². The lowest BCUT2D eigenvalue weighted by Crippen LogP contribution is -2.66. The van der Waals surface area contributed by atoms with Crippen LogP contribution in [-0.2, 0) is 19.1 Å². The van der Waals surface area contributed by atoms with Crippen LogP contribution in [0, 0.1) is 0 Å². The Morgan fingerprint density at radius 3 is 1.82 bits per heavy atom. The predicted octanol–water partition coefficient (Wildman–Crippen LogP) is 5.82. The highest BCUT2D eigenvalue weighted by atomic mass is 16.6. The maximum Gasteiger partial charge on any atom is 0.307 e. The van der Waals surface area contributed by atoms with Gasteiger partial charge in [0.25, 0.3) is 5.91 Å². The highest BCUT2D eigenvalue weighted by molar-refractivity contribution is 5.89. The molecule has 6 heteroatoms. The molecule has 2 aliphatic heterocycles. The second-order valence-corrected chi connectivity index (χ2v) is 12.3. The lowest BCUT2D eigenvalue weighted by molar-refractivity contribution is -0.197. The smallest absolute Gasteiger partial charge is 0.307 e. The summed E-state index contributed by atoms with van der Waals surface area (Å²) in [4.78, 5) is 31.0. The van der Waals surface area contributed by atoms with Gasteiger partial charge in [-0.3, -0.25) is 14.5 Å².